The van der Waals surface area contributed by atoms with Gasteiger partial charge in [-0.25, -0.2) is 18.7 Å². The summed E-state index contributed by atoms with van der Waals surface area (Å²) in [7, 11) is 4.09. The molecule has 4 aromatic rings. The molecule has 3 heterocycles. The van der Waals surface area contributed by atoms with Crippen molar-refractivity contribution in [2.24, 2.45) is 4.99 Å². The van der Waals surface area contributed by atoms with Crippen molar-refractivity contribution in [3.63, 3.8) is 0 Å². The van der Waals surface area contributed by atoms with Crippen LogP contribution in [0.5, 0.6) is 0 Å². The van der Waals surface area contributed by atoms with E-state index >= 15 is 0 Å². The lowest BCUT2D eigenvalue weighted by Crippen LogP contribution is -2.44. The number of aliphatic imine (C=N–C) groups is 1. The van der Waals surface area contributed by atoms with Gasteiger partial charge in [0.15, 0.2) is 0 Å². The average Bonchev–Trinajstić information content (AvgIpc) is 3.31. The van der Waals surface area contributed by atoms with Crippen LogP contribution in [-0.4, -0.2) is 64.1 Å². The first kappa shape index (κ1) is 27.9. The fourth-order valence-corrected chi connectivity index (χ4v) is 5.59. The van der Waals surface area contributed by atoms with E-state index in [0.29, 0.717) is 51.2 Å². The lowest BCUT2D eigenvalue weighted by molar-refractivity contribution is 0.0760. The van der Waals surface area contributed by atoms with Crippen molar-refractivity contribution in [1.82, 2.24) is 19.8 Å². The molecule has 1 N–H and O–H groups in total. The Morgan fingerprint density at radius 2 is 1.79 bits per heavy atom. The van der Waals surface area contributed by atoms with Crippen LogP contribution in [0.1, 0.15) is 40.4 Å². The molecule has 1 amide bonds. The molecule has 0 spiro atoms. The summed E-state index contributed by atoms with van der Waals surface area (Å²) < 4.78 is 29.6. The van der Waals surface area contributed by atoms with Crippen LogP contribution in [-0.2, 0) is 6.54 Å². The Kier molecular flexibility index (Phi) is 7.24. The monoisotopic (exact) mass is 586 g/mol. The normalized spacial score (nSPS) is 17.9. The van der Waals surface area contributed by atoms with E-state index in [1.54, 1.807) is 36.5 Å². The van der Waals surface area contributed by atoms with Gasteiger partial charge in [-0.15, -0.1) is 0 Å². The standard InChI is InChI=1S/C32H29ClF2N6O/c1-32(40(2)3)13-14-41(18-32)30(42)19-7-10-22(11-8-19)38-31-37-17-20-16-36-29(27-25(34)5-4-6-26(27)35)24-15-21(33)9-12-23(24)28(20)39-31/h4-12,15,17H,13-14,16,18H2,1-3H3,(H,37,38,39). The summed E-state index contributed by atoms with van der Waals surface area (Å²) in [5, 5.41) is 3.61. The molecule has 1 unspecified atom stereocenters. The molecule has 0 radical (unpaired) electrons. The molecule has 42 heavy (non-hydrogen) atoms. The smallest absolute Gasteiger partial charge is 0.253 e. The van der Waals surface area contributed by atoms with Gasteiger partial charge in [-0.1, -0.05) is 23.7 Å². The quantitative estimate of drug-likeness (QED) is 0.296. The van der Waals surface area contributed by atoms with Crippen molar-refractivity contribution in [3.05, 3.63) is 106 Å². The third-order valence-corrected chi connectivity index (χ3v) is 8.41. The van der Waals surface area contributed by atoms with E-state index in [-0.39, 0.29) is 29.3 Å². The molecular weight excluding hydrogens is 558 g/mol. The number of hydrogen-bond donors (Lipinski definition) is 1. The van der Waals surface area contributed by atoms with Crippen LogP contribution >= 0.6 is 11.6 Å². The van der Waals surface area contributed by atoms with Gasteiger partial charge in [0.1, 0.15) is 11.6 Å². The minimum absolute atomic E-state index is 0.00534. The maximum Gasteiger partial charge on any atom is 0.253 e. The second-order valence-corrected chi connectivity index (χ2v) is 11.5. The number of fused-ring (bicyclic) bond motifs is 3. The number of benzene rings is 3. The second-order valence-electron chi connectivity index (χ2n) is 11.1. The molecule has 7 nitrogen and oxygen atoms in total. The number of amides is 1. The number of likely N-dealkylation sites (tertiary alicyclic amines) is 1. The van der Waals surface area contributed by atoms with Gasteiger partial charge in [0.05, 0.1) is 23.5 Å². The molecule has 1 saturated heterocycles. The van der Waals surface area contributed by atoms with Gasteiger partial charge in [0.2, 0.25) is 5.95 Å². The number of halogens is 3. The third kappa shape index (κ3) is 5.14. The first-order chi connectivity index (χ1) is 20.1. The fraction of sp³-hybridized carbons (Fsp3) is 0.250. The van der Waals surface area contributed by atoms with Gasteiger partial charge < -0.3 is 15.1 Å². The molecule has 3 aromatic carbocycles. The number of nitrogens with one attached hydrogen (secondary N) is 1. The number of carbonyl (C=O) groups excluding carboxylic acids is 1. The van der Waals surface area contributed by atoms with Crippen LogP contribution in [0.3, 0.4) is 0 Å². The molecule has 0 bridgehead atoms. The highest BCUT2D eigenvalue weighted by molar-refractivity contribution is 6.31. The van der Waals surface area contributed by atoms with Crippen molar-refractivity contribution >= 4 is 34.9 Å². The highest BCUT2D eigenvalue weighted by Gasteiger charge is 2.37. The lowest BCUT2D eigenvalue weighted by atomic mass is 9.95. The van der Waals surface area contributed by atoms with Crippen LogP contribution in [0.4, 0.5) is 20.4 Å². The Balaban J connectivity index is 1.27. The summed E-state index contributed by atoms with van der Waals surface area (Å²) in [6, 6.07) is 16.1. The van der Waals surface area contributed by atoms with Crippen molar-refractivity contribution in [2.45, 2.75) is 25.4 Å². The summed E-state index contributed by atoms with van der Waals surface area (Å²) in [6.45, 7) is 3.71. The Hall–Kier alpha value is -4.21. The zero-order chi connectivity index (χ0) is 29.6. The van der Waals surface area contributed by atoms with E-state index in [1.807, 2.05) is 31.1 Å². The molecule has 214 valence electrons. The van der Waals surface area contributed by atoms with E-state index in [2.05, 4.69) is 27.1 Å². The largest absolute Gasteiger partial charge is 0.337 e. The van der Waals surface area contributed by atoms with Crippen LogP contribution in [0.2, 0.25) is 5.02 Å². The predicted octanol–water partition coefficient (Wildman–Crippen LogP) is 6.34. The maximum atomic E-state index is 14.8. The molecule has 2 aliphatic rings. The second kappa shape index (κ2) is 10.9. The summed E-state index contributed by atoms with van der Waals surface area (Å²) >= 11 is 6.32. The van der Waals surface area contributed by atoms with E-state index in [1.165, 1.54) is 18.2 Å². The Bertz CT molecular complexity index is 1700. The van der Waals surface area contributed by atoms with E-state index in [4.69, 9.17) is 16.6 Å². The molecule has 0 aliphatic carbocycles. The molecule has 2 aliphatic heterocycles. The highest BCUT2D eigenvalue weighted by atomic mass is 35.5. The number of likely N-dealkylation sites (N-methyl/N-ethyl adjacent to an activating group) is 1. The number of nitrogens with zero attached hydrogens (tertiary/aromatic N) is 5. The van der Waals surface area contributed by atoms with Gasteiger partial charge in [-0.2, -0.15) is 0 Å². The zero-order valence-electron chi connectivity index (χ0n) is 23.5. The molecule has 0 saturated carbocycles. The first-order valence-corrected chi connectivity index (χ1v) is 14.0. The highest BCUT2D eigenvalue weighted by Crippen LogP contribution is 2.35. The van der Waals surface area contributed by atoms with E-state index < -0.39 is 11.6 Å². The molecule has 1 aromatic heterocycles. The van der Waals surface area contributed by atoms with Gasteiger partial charge in [0.25, 0.3) is 5.91 Å². The first-order valence-electron chi connectivity index (χ1n) is 13.6. The number of rotatable bonds is 5. The van der Waals surface area contributed by atoms with Crippen LogP contribution < -0.4 is 5.32 Å². The van der Waals surface area contributed by atoms with Crippen molar-refractivity contribution in [2.75, 3.05) is 32.5 Å². The summed E-state index contributed by atoms with van der Waals surface area (Å²) in [4.78, 5) is 31.0. The van der Waals surface area contributed by atoms with Gasteiger partial charge in [-0.3, -0.25) is 9.79 Å². The van der Waals surface area contributed by atoms with E-state index in [0.717, 1.165) is 13.0 Å². The molecule has 6 rings (SSSR count). The Morgan fingerprint density at radius 3 is 2.48 bits per heavy atom. The van der Waals surface area contributed by atoms with Crippen molar-refractivity contribution < 1.29 is 13.6 Å². The predicted molar refractivity (Wildman–Crippen MR) is 161 cm³/mol. The zero-order valence-corrected chi connectivity index (χ0v) is 24.2. The third-order valence-electron chi connectivity index (χ3n) is 8.17. The topological polar surface area (TPSA) is 73.7 Å². The molecule has 1 atom stereocenters. The number of aromatic nitrogens is 2. The van der Waals surface area contributed by atoms with Crippen molar-refractivity contribution in [1.29, 1.82) is 0 Å². The SMILES string of the molecule is CN(C)C1(C)CCN(C(=O)c2ccc(Nc3ncc4c(n3)-c3ccc(Cl)cc3C(c3c(F)cccc3F)=NC4)cc2)C1. The van der Waals surface area contributed by atoms with Gasteiger partial charge >= 0.3 is 0 Å². The van der Waals surface area contributed by atoms with E-state index in [9.17, 15) is 13.6 Å². The minimum Gasteiger partial charge on any atom is -0.337 e. The number of carbonyl (C=O) groups is 1. The fourth-order valence-electron chi connectivity index (χ4n) is 5.41. The van der Waals surface area contributed by atoms with Crippen LogP contribution in [0.25, 0.3) is 11.3 Å². The Labute approximate surface area is 247 Å². The number of hydrogen-bond acceptors (Lipinski definition) is 6. The molecule has 1 fully saturated rings. The molecule has 10 heteroatoms. The summed E-state index contributed by atoms with van der Waals surface area (Å²) in [5.74, 6) is -1.09. The Morgan fingerprint density at radius 1 is 1.05 bits per heavy atom. The maximum absolute atomic E-state index is 14.8. The number of anilines is 2. The minimum atomic E-state index is -0.711. The average molecular weight is 587 g/mol. The van der Waals surface area contributed by atoms with Crippen molar-refractivity contribution in [3.8, 4) is 11.3 Å². The lowest BCUT2D eigenvalue weighted by Gasteiger charge is -2.32. The van der Waals surface area contributed by atoms with Crippen LogP contribution in [0.15, 0.2) is 71.9 Å². The summed E-state index contributed by atoms with van der Waals surface area (Å²) in [6.07, 6.45) is 2.58. The van der Waals surface area contributed by atoms with Gasteiger partial charge in [-0.05, 0) is 76.0 Å². The van der Waals surface area contributed by atoms with Crippen LogP contribution in [0, 0.1) is 11.6 Å². The molecular formula is C32H29ClF2N6O. The van der Waals surface area contributed by atoms with Gasteiger partial charge in [0, 0.05) is 57.8 Å². The summed E-state index contributed by atoms with van der Waals surface area (Å²) in [5.41, 5.74) is 3.64.